The van der Waals surface area contributed by atoms with Gasteiger partial charge in [-0.25, -0.2) is 0 Å². The molecule has 20 heavy (non-hydrogen) atoms. The zero-order valence-electron chi connectivity index (χ0n) is 11.6. The number of piperidine rings is 1. The molecule has 3 rings (SSSR count). The first-order valence-corrected chi connectivity index (χ1v) is 6.72. The van der Waals surface area contributed by atoms with Gasteiger partial charge in [-0.05, 0) is 25.8 Å². The number of rotatable bonds is 2. The minimum atomic E-state index is -0.0356. The van der Waals surface area contributed by atoms with Gasteiger partial charge in [0.1, 0.15) is 5.69 Å². The highest BCUT2D eigenvalue weighted by Gasteiger charge is 2.29. The molecule has 1 fully saturated rings. The predicted octanol–water partition coefficient (Wildman–Crippen LogP) is 1.13. The summed E-state index contributed by atoms with van der Waals surface area (Å²) in [7, 11) is 1.80. The van der Waals surface area contributed by atoms with E-state index in [9.17, 15) is 4.79 Å². The fraction of sp³-hybridized carbons (Fsp3) is 0.538. The molecule has 0 aliphatic carbocycles. The molecule has 3 heterocycles. The maximum absolute atomic E-state index is 12.4. The Morgan fingerprint density at radius 2 is 2.35 bits per heavy atom. The van der Waals surface area contributed by atoms with Crippen LogP contribution in [0.25, 0.3) is 0 Å². The number of aryl methyl sites for hydroxylation is 2. The summed E-state index contributed by atoms with van der Waals surface area (Å²) in [5.41, 5.74) is 0.481. The van der Waals surface area contributed by atoms with Crippen molar-refractivity contribution in [1.82, 2.24) is 24.8 Å². The number of likely N-dealkylation sites (tertiary alicyclic amines) is 1. The van der Waals surface area contributed by atoms with E-state index in [1.165, 1.54) is 0 Å². The maximum atomic E-state index is 12.4. The van der Waals surface area contributed by atoms with Crippen LogP contribution < -0.4 is 0 Å². The van der Waals surface area contributed by atoms with E-state index in [0.717, 1.165) is 19.4 Å². The van der Waals surface area contributed by atoms with Crippen molar-refractivity contribution in [3.8, 4) is 0 Å². The number of carbonyl (C=O) groups is 1. The van der Waals surface area contributed by atoms with Crippen molar-refractivity contribution in [3.05, 3.63) is 29.7 Å². The first-order chi connectivity index (χ1) is 9.63. The van der Waals surface area contributed by atoms with Crippen LogP contribution in [0.1, 0.15) is 41.0 Å². The van der Waals surface area contributed by atoms with Crippen molar-refractivity contribution in [2.45, 2.75) is 25.7 Å². The number of aromatic nitrogens is 4. The molecule has 0 saturated carbocycles. The second-order valence-electron chi connectivity index (χ2n) is 5.14. The van der Waals surface area contributed by atoms with Gasteiger partial charge >= 0.3 is 0 Å². The van der Waals surface area contributed by atoms with Crippen molar-refractivity contribution >= 4 is 5.91 Å². The molecular formula is C13H17N5O2. The maximum Gasteiger partial charge on any atom is 0.274 e. The van der Waals surface area contributed by atoms with E-state index in [2.05, 4.69) is 15.2 Å². The third-order valence-electron chi connectivity index (χ3n) is 3.53. The molecule has 1 atom stereocenters. The monoisotopic (exact) mass is 275 g/mol. The molecule has 1 aliphatic rings. The Morgan fingerprint density at radius 3 is 3.00 bits per heavy atom. The molecule has 1 aliphatic heterocycles. The molecule has 0 N–H and O–H groups in total. The van der Waals surface area contributed by atoms with Crippen molar-refractivity contribution < 1.29 is 9.32 Å². The normalized spacial score (nSPS) is 19.3. The van der Waals surface area contributed by atoms with Gasteiger partial charge < -0.3 is 9.42 Å². The molecule has 1 saturated heterocycles. The van der Waals surface area contributed by atoms with Gasteiger partial charge in [-0.3, -0.25) is 9.48 Å². The molecule has 0 spiro atoms. The lowest BCUT2D eigenvalue weighted by Gasteiger charge is -2.30. The van der Waals surface area contributed by atoms with Crippen molar-refractivity contribution in [2.75, 3.05) is 13.1 Å². The highest BCUT2D eigenvalue weighted by Crippen LogP contribution is 2.26. The van der Waals surface area contributed by atoms with Crippen molar-refractivity contribution in [1.29, 1.82) is 0 Å². The van der Waals surface area contributed by atoms with E-state index >= 15 is 0 Å². The van der Waals surface area contributed by atoms with Gasteiger partial charge in [0, 0.05) is 26.3 Å². The lowest BCUT2D eigenvalue weighted by atomic mass is 9.97. The van der Waals surface area contributed by atoms with Crippen LogP contribution in [0.3, 0.4) is 0 Å². The Morgan fingerprint density at radius 1 is 1.50 bits per heavy atom. The molecule has 106 valence electrons. The highest BCUT2D eigenvalue weighted by atomic mass is 16.5. The molecular weight excluding hydrogens is 258 g/mol. The van der Waals surface area contributed by atoms with Gasteiger partial charge in [-0.15, -0.1) is 0 Å². The SMILES string of the molecule is Cc1noc(C2CCCN(C(=O)c3ccn(C)n3)C2)n1. The summed E-state index contributed by atoms with van der Waals surface area (Å²) in [4.78, 5) is 18.5. The quantitative estimate of drug-likeness (QED) is 0.821. The number of hydrogen-bond acceptors (Lipinski definition) is 5. The Bertz CT molecular complexity index is 618. The lowest BCUT2D eigenvalue weighted by Crippen LogP contribution is -2.39. The number of amides is 1. The summed E-state index contributed by atoms with van der Waals surface area (Å²) in [6.45, 7) is 3.16. The van der Waals surface area contributed by atoms with Crippen LogP contribution in [0, 0.1) is 6.92 Å². The Balaban J connectivity index is 1.73. The Labute approximate surface area is 116 Å². The van der Waals surface area contributed by atoms with Gasteiger partial charge in [0.15, 0.2) is 5.82 Å². The summed E-state index contributed by atoms with van der Waals surface area (Å²) in [6, 6.07) is 1.74. The Kier molecular flexibility index (Phi) is 3.25. The van der Waals surface area contributed by atoms with Crippen LogP contribution in [-0.4, -0.2) is 43.8 Å². The lowest BCUT2D eigenvalue weighted by molar-refractivity contribution is 0.0689. The standard InChI is InChI=1S/C13H17N5O2/c1-9-14-12(20-16-9)10-4-3-6-18(8-10)13(19)11-5-7-17(2)15-11/h5,7,10H,3-4,6,8H2,1-2H3. The predicted molar refractivity (Wildman–Crippen MR) is 70.1 cm³/mol. The third-order valence-corrected chi connectivity index (χ3v) is 3.53. The van der Waals surface area contributed by atoms with Crippen molar-refractivity contribution in [3.63, 3.8) is 0 Å². The molecule has 7 heteroatoms. The summed E-state index contributed by atoms with van der Waals surface area (Å²) in [5.74, 6) is 1.35. The van der Waals surface area contributed by atoms with E-state index < -0.39 is 0 Å². The third kappa shape index (κ3) is 2.43. The van der Waals surface area contributed by atoms with Crippen molar-refractivity contribution in [2.24, 2.45) is 7.05 Å². The van der Waals surface area contributed by atoms with Crippen LogP contribution in [0.4, 0.5) is 0 Å². The van der Waals surface area contributed by atoms with Crippen LogP contribution in [0.5, 0.6) is 0 Å². The van der Waals surface area contributed by atoms with Gasteiger partial charge in [0.25, 0.3) is 5.91 Å². The van der Waals surface area contributed by atoms with E-state index in [-0.39, 0.29) is 11.8 Å². The molecule has 0 bridgehead atoms. The molecule has 0 aromatic carbocycles. The zero-order valence-corrected chi connectivity index (χ0v) is 11.6. The fourth-order valence-corrected chi connectivity index (χ4v) is 2.53. The largest absolute Gasteiger partial charge is 0.339 e. The second-order valence-corrected chi connectivity index (χ2v) is 5.14. The van der Waals surface area contributed by atoms with Gasteiger partial charge in [-0.1, -0.05) is 5.16 Å². The molecule has 2 aromatic heterocycles. The highest BCUT2D eigenvalue weighted by molar-refractivity contribution is 5.92. The van der Waals surface area contributed by atoms with E-state index in [0.29, 0.717) is 24.0 Å². The Hall–Kier alpha value is -2.18. The van der Waals surface area contributed by atoms with Gasteiger partial charge in [0.2, 0.25) is 5.89 Å². The number of nitrogens with zero attached hydrogens (tertiary/aromatic N) is 5. The average molecular weight is 275 g/mol. The van der Waals surface area contributed by atoms with Gasteiger partial charge in [0.05, 0.1) is 5.92 Å². The molecule has 1 unspecified atom stereocenters. The van der Waals surface area contributed by atoms with Crippen LogP contribution in [0.15, 0.2) is 16.8 Å². The van der Waals surface area contributed by atoms with Gasteiger partial charge in [-0.2, -0.15) is 10.1 Å². The zero-order chi connectivity index (χ0) is 14.1. The molecule has 2 aromatic rings. The van der Waals surface area contributed by atoms with Crippen LogP contribution >= 0.6 is 0 Å². The molecule has 0 radical (unpaired) electrons. The summed E-state index contributed by atoms with van der Waals surface area (Å²) in [5, 5.41) is 7.98. The molecule has 1 amide bonds. The summed E-state index contributed by atoms with van der Waals surface area (Å²) in [6.07, 6.45) is 3.67. The molecule has 7 nitrogen and oxygen atoms in total. The van der Waals surface area contributed by atoms with Crippen LogP contribution in [-0.2, 0) is 7.05 Å². The van der Waals surface area contributed by atoms with E-state index in [1.807, 2.05) is 4.90 Å². The number of hydrogen-bond donors (Lipinski definition) is 0. The van der Waals surface area contributed by atoms with E-state index in [1.54, 1.807) is 30.9 Å². The minimum Gasteiger partial charge on any atom is -0.339 e. The van der Waals surface area contributed by atoms with Crippen LogP contribution in [0.2, 0.25) is 0 Å². The smallest absolute Gasteiger partial charge is 0.274 e. The average Bonchev–Trinajstić information content (AvgIpc) is 3.07. The topological polar surface area (TPSA) is 77.0 Å². The number of carbonyl (C=O) groups excluding carboxylic acids is 1. The first-order valence-electron chi connectivity index (χ1n) is 6.72. The van der Waals surface area contributed by atoms with E-state index in [4.69, 9.17) is 4.52 Å². The summed E-state index contributed by atoms with van der Waals surface area (Å²) < 4.78 is 6.86. The minimum absolute atomic E-state index is 0.0356. The first kappa shape index (κ1) is 12.8. The fourth-order valence-electron chi connectivity index (χ4n) is 2.53. The second kappa shape index (κ2) is 5.07. The summed E-state index contributed by atoms with van der Waals surface area (Å²) >= 11 is 0.